The summed E-state index contributed by atoms with van der Waals surface area (Å²) in [6.45, 7) is 1.68. The lowest BCUT2D eigenvalue weighted by Crippen LogP contribution is -2.37. The number of aliphatic hydroxyl groups excluding tert-OH is 1. The Labute approximate surface area is 124 Å². The molecule has 1 saturated heterocycles. The van der Waals surface area contributed by atoms with Crippen LogP contribution in [0.4, 0.5) is 4.39 Å². The molecule has 1 aliphatic rings. The molecule has 0 radical (unpaired) electrons. The van der Waals surface area contributed by atoms with E-state index in [9.17, 15) is 14.3 Å². The highest BCUT2D eigenvalue weighted by Gasteiger charge is 2.31. The minimum absolute atomic E-state index is 0.173. The van der Waals surface area contributed by atoms with E-state index in [1.165, 1.54) is 18.2 Å². The molecule has 0 saturated carbocycles. The van der Waals surface area contributed by atoms with Crippen molar-refractivity contribution < 1.29 is 14.3 Å². The molecule has 5 nitrogen and oxygen atoms in total. The third-order valence-electron chi connectivity index (χ3n) is 3.79. The summed E-state index contributed by atoms with van der Waals surface area (Å²) in [5.41, 5.74) is 5.97. The lowest BCUT2D eigenvalue weighted by atomic mass is 10.1. The van der Waals surface area contributed by atoms with Gasteiger partial charge in [0.1, 0.15) is 5.82 Å². The number of benzene rings is 1. The van der Waals surface area contributed by atoms with Gasteiger partial charge in [0.05, 0.1) is 6.10 Å². The Morgan fingerprint density at radius 3 is 2.86 bits per heavy atom. The van der Waals surface area contributed by atoms with Gasteiger partial charge in [-0.3, -0.25) is 9.69 Å². The van der Waals surface area contributed by atoms with E-state index in [1.807, 2.05) is 23.9 Å². The van der Waals surface area contributed by atoms with Gasteiger partial charge in [-0.1, -0.05) is 0 Å². The maximum absolute atomic E-state index is 13.9. The summed E-state index contributed by atoms with van der Waals surface area (Å²) in [5.74, 6) is -0.924. The van der Waals surface area contributed by atoms with Gasteiger partial charge in [-0.05, 0) is 38.7 Å². The SMILES string of the molecule is CN(C)CC1CC(O)CN1Cc1cc(C(N)=O)ccc1F. The van der Waals surface area contributed by atoms with Crippen LogP contribution in [-0.2, 0) is 6.54 Å². The van der Waals surface area contributed by atoms with Crippen LogP contribution in [0.3, 0.4) is 0 Å². The molecule has 6 heteroatoms. The molecule has 0 aliphatic carbocycles. The normalized spacial score (nSPS) is 22.9. The van der Waals surface area contributed by atoms with E-state index in [-0.39, 0.29) is 11.9 Å². The molecule has 2 unspecified atom stereocenters. The summed E-state index contributed by atoms with van der Waals surface area (Å²) in [4.78, 5) is 15.3. The average Bonchev–Trinajstić information content (AvgIpc) is 2.71. The highest BCUT2D eigenvalue weighted by molar-refractivity contribution is 5.92. The Bertz CT molecular complexity index is 522. The minimum Gasteiger partial charge on any atom is -0.392 e. The first-order chi connectivity index (χ1) is 9.86. The Balaban J connectivity index is 2.16. The quantitative estimate of drug-likeness (QED) is 0.826. The van der Waals surface area contributed by atoms with Crippen molar-refractivity contribution in [3.8, 4) is 0 Å². The predicted octanol–water partition coefficient (Wildman–Crippen LogP) is 0.421. The molecule has 1 aromatic rings. The minimum atomic E-state index is -0.567. The number of likely N-dealkylation sites (N-methyl/N-ethyl adjacent to an activating group) is 1. The van der Waals surface area contributed by atoms with Gasteiger partial charge in [0.2, 0.25) is 5.91 Å². The summed E-state index contributed by atoms with van der Waals surface area (Å²) < 4.78 is 13.9. The molecule has 0 spiro atoms. The van der Waals surface area contributed by atoms with E-state index in [1.54, 1.807) is 0 Å². The lowest BCUT2D eigenvalue weighted by molar-refractivity contribution is 0.1000. The van der Waals surface area contributed by atoms with E-state index in [2.05, 4.69) is 0 Å². The molecule has 1 aliphatic heterocycles. The summed E-state index contributed by atoms with van der Waals surface area (Å²) in [5, 5.41) is 9.84. The number of amides is 1. The molecule has 1 amide bonds. The number of likely N-dealkylation sites (tertiary alicyclic amines) is 1. The van der Waals surface area contributed by atoms with Crippen molar-refractivity contribution in [1.82, 2.24) is 9.80 Å². The van der Waals surface area contributed by atoms with Gasteiger partial charge in [0, 0.05) is 36.8 Å². The van der Waals surface area contributed by atoms with Crippen molar-refractivity contribution in [2.24, 2.45) is 5.73 Å². The second kappa shape index (κ2) is 6.51. The van der Waals surface area contributed by atoms with Crippen LogP contribution < -0.4 is 5.73 Å². The first-order valence-corrected chi connectivity index (χ1v) is 7.02. The number of hydrogen-bond donors (Lipinski definition) is 2. The molecule has 1 aromatic carbocycles. The summed E-state index contributed by atoms with van der Waals surface area (Å²) in [6.07, 6.45) is 0.285. The third kappa shape index (κ3) is 4.00. The van der Waals surface area contributed by atoms with Crippen LogP contribution in [0.5, 0.6) is 0 Å². The first kappa shape index (κ1) is 15.9. The number of hydrogen-bond acceptors (Lipinski definition) is 4. The topological polar surface area (TPSA) is 69.8 Å². The van der Waals surface area contributed by atoms with Crippen LogP contribution in [0.1, 0.15) is 22.3 Å². The van der Waals surface area contributed by atoms with Crippen LogP contribution in [-0.4, -0.2) is 60.1 Å². The first-order valence-electron chi connectivity index (χ1n) is 7.02. The number of aliphatic hydroxyl groups is 1. The second-order valence-corrected chi connectivity index (χ2v) is 5.91. The molecule has 2 rings (SSSR count). The van der Waals surface area contributed by atoms with Crippen LogP contribution in [0.2, 0.25) is 0 Å². The molecule has 116 valence electrons. The van der Waals surface area contributed by atoms with Crippen LogP contribution in [0.25, 0.3) is 0 Å². The molecule has 1 fully saturated rings. The zero-order valence-electron chi connectivity index (χ0n) is 12.4. The third-order valence-corrected chi connectivity index (χ3v) is 3.79. The lowest BCUT2D eigenvalue weighted by Gasteiger charge is -2.26. The van der Waals surface area contributed by atoms with Crippen LogP contribution in [0.15, 0.2) is 18.2 Å². The van der Waals surface area contributed by atoms with Crippen molar-refractivity contribution in [2.45, 2.75) is 25.1 Å². The van der Waals surface area contributed by atoms with E-state index in [0.29, 0.717) is 30.6 Å². The molecular weight excluding hydrogens is 273 g/mol. The maximum atomic E-state index is 13.9. The largest absolute Gasteiger partial charge is 0.392 e. The highest BCUT2D eigenvalue weighted by atomic mass is 19.1. The maximum Gasteiger partial charge on any atom is 0.248 e. The number of primary amides is 1. The molecule has 0 aromatic heterocycles. The molecule has 21 heavy (non-hydrogen) atoms. The fourth-order valence-corrected chi connectivity index (χ4v) is 2.83. The van der Waals surface area contributed by atoms with Crippen molar-refractivity contribution in [2.75, 3.05) is 27.2 Å². The van der Waals surface area contributed by atoms with Gasteiger partial charge in [-0.15, -0.1) is 0 Å². The van der Waals surface area contributed by atoms with Gasteiger partial charge >= 0.3 is 0 Å². The zero-order chi connectivity index (χ0) is 15.6. The molecule has 3 N–H and O–H groups in total. The Hall–Kier alpha value is -1.50. The van der Waals surface area contributed by atoms with Gasteiger partial charge < -0.3 is 15.7 Å². The number of nitrogens with zero attached hydrogens (tertiary/aromatic N) is 2. The number of β-amino-alcohol motifs (C(OH)–C–C–N with tert-alkyl or cyclic N) is 1. The standard InChI is InChI=1S/C15H22FN3O2/c1-18(2)8-12-6-13(20)9-19(12)7-11-5-10(15(17)21)3-4-14(11)16/h3-5,12-13,20H,6-9H2,1-2H3,(H2,17,21). The predicted molar refractivity (Wildman–Crippen MR) is 78.3 cm³/mol. The number of rotatable bonds is 5. The van der Waals surface area contributed by atoms with Crippen LogP contribution >= 0.6 is 0 Å². The van der Waals surface area contributed by atoms with Crippen LogP contribution in [0, 0.1) is 5.82 Å². The summed E-state index contributed by atoms with van der Waals surface area (Å²) in [6, 6.07) is 4.32. The zero-order valence-corrected chi connectivity index (χ0v) is 12.4. The molecular formula is C15H22FN3O2. The van der Waals surface area contributed by atoms with Crippen molar-refractivity contribution in [3.05, 3.63) is 35.1 Å². The number of carbonyl (C=O) groups is 1. The fraction of sp³-hybridized carbons (Fsp3) is 0.533. The molecule has 1 heterocycles. The van der Waals surface area contributed by atoms with E-state index in [4.69, 9.17) is 5.73 Å². The Kier molecular flexibility index (Phi) is 4.92. The van der Waals surface area contributed by atoms with E-state index < -0.39 is 12.0 Å². The average molecular weight is 295 g/mol. The molecule has 0 bridgehead atoms. The van der Waals surface area contributed by atoms with Crippen molar-refractivity contribution in [1.29, 1.82) is 0 Å². The molecule has 2 atom stereocenters. The Morgan fingerprint density at radius 2 is 2.24 bits per heavy atom. The van der Waals surface area contributed by atoms with Crippen molar-refractivity contribution in [3.63, 3.8) is 0 Å². The number of carbonyl (C=O) groups excluding carboxylic acids is 1. The van der Waals surface area contributed by atoms with Crippen molar-refractivity contribution >= 4 is 5.91 Å². The summed E-state index contributed by atoms with van der Waals surface area (Å²) in [7, 11) is 3.94. The van der Waals surface area contributed by atoms with Gasteiger partial charge in [0.25, 0.3) is 0 Å². The van der Waals surface area contributed by atoms with E-state index in [0.717, 1.165) is 6.54 Å². The fourth-order valence-electron chi connectivity index (χ4n) is 2.83. The highest BCUT2D eigenvalue weighted by Crippen LogP contribution is 2.22. The van der Waals surface area contributed by atoms with Gasteiger partial charge in [-0.25, -0.2) is 4.39 Å². The smallest absolute Gasteiger partial charge is 0.248 e. The van der Waals surface area contributed by atoms with Gasteiger partial charge in [-0.2, -0.15) is 0 Å². The summed E-state index contributed by atoms with van der Waals surface area (Å²) >= 11 is 0. The monoisotopic (exact) mass is 295 g/mol. The number of nitrogens with two attached hydrogens (primary N) is 1. The number of halogens is 1. The van der Waals surface area contributed by atoms with Gasteiger partial charge in [0.15, 0.2) is 0 Å². The Morgan fingerprint density at radius 1 is 1.52 bits per heavy atom. The van der Waals surface area contributed by atoms with E-state index >= 15 is 0 Å². The second-order valence-electron chi connectivity index (χ2n) is 5.91.